The first-order chi connectivity index (χ1) is 8.22. The minimum atomic E-state index is -0.163. The van der Waals surface area contributed by atoms with Gasteiger partial charge in [-0.2, -0.15) is 0 Å². The molecule has 2 aromatic rings. The summed E-state index contributed by atoms with van der Waals surface area (Å²) in [4.78, 5) is 4.08. The highest BCUT2D eigenvalue weighted by atomic mass is 79.9. The van der Waals surface area contributed by atoms with Gasteiger partial charge in [-0.05, 0) is 29.3 Å². The number of benzene rings is 1. The van der Waals surface area contributed by atoms with E-state index in [-0.39, 0.29) is 6.04 Å². The van der Waals surface area contributed by atoms with E-state index < -0.39 is 0 Å². The molecule has 0 saturated heterocycles. The number of aromatic nitrogens is 1. The lowest BCUT2D eigenvalue weighted by Crippen LogP contribution is -2.29. The van der Waals surface area contributed by atoms with Crippen molar-refractivity contribution in [2.75, 3.05) is 0 Å². The van der Waals surface area contributed by atoms with Crippen LogP contribution in [0.1, 0.15) is 17.2 Å². The lowest BCUT2D eigenvalue weighted by Gasteiger charge is -2.17. The molecule has 0 amide bonds. The van der Waals surface area contributed by atoms with Crippen LogP contribution in [0.4, 0.5) is 0 Å². The van der Waals surface area contributed by atoms with Gasteiger partial charge < -0.3 is 0 Å². The van der Waals surface area contributed by atoms with E-state index in [0.717, 1.165) is 15.6 Å². The van der Waals surface area contributed by atoms with Gasteiger partial charge in [0.15, 0.2) is 0 Å². The van der Waals surface area contributed by atoms with E-state index in [1.165, 1.54) is 0 Å². The summed E-state index contributed by atoms with van der Waals surface area (Å²) in [6.45, 7) is 0. The summed E-state index contributed by atoms with van der Waals surface area (Å²) in [6, 6.07) is 9.37. The molecular weight excluding hydrogens is 302 g/mol. The summed E-state index contributed by atoms with van der Waals surface area (Å²) in [6.07, 6.45) is 3.49. The Bertz CT molecular complexity index is 504. The Hall–Kier alpha value is -0.940. The van der Waals surface area contributed by atoms with Crippen LogP contribution >= 0.6 is 27.5 Å². The van der Waals surface area contributed by atoms with Crippen molar-refractivity contribution in [1.29, 1.82) is 0 Å². The lowest BCUT2D eigenvalue weighted by molar-refractivity contribution is 0.635. The predicted molar refractivity (Wildman–Crippen MR) is 72.6 cm³/mol. The number of nitrogens with two attached hydrogens (primary N) is 1. The molecule has 1 atom stereocenters. The molecular formula is C12H11BrClN3. The average Bonchev–Trinajstić information content (AvgIpc) is 2.34. The molecule has 0 saturated carbocycles. The monoisotopic (exact) mass is 311 g/mol. The van der Waals surface area contributed by atoms with Gasteiger partial charge in [-0.1, -0.05) is 39.7 Å². The van der Waals surface area contributed by atoms with Crippen LogP contribution in [0.25, 0.3) is 0 Å². The molecule has 1 aromatic heterocycles. The fourth-order valence-electron chi connectivity index (χ4n) is 1.65. The van der Waals surface area contributed by atoms with Crippen LogP contribution in [0.3, 0.4) is 0 Å². The molecule has 3 N–H and O–H groups in total. The SMILES string of the molecule is NNC(c1cccnc1)c1ccc(Br)cc1Cl. The number of hydrazine groups is 1. The van der Waals surface area contributed by atoms with E-state index in [0.29, 0.717) is 5.02 Å². The highest BCUT2D eigenvalue weighted by Crippen LogP contribution is 2.29. The third-order valence-electron chi connectivity index (χ3n) is 2.46. The molecule has 17 heavy (non-hydrogen) atoms. The maximum absolute atomic E-state index is 6.21. The second-order valence-corrected chi connectivity index (χ2v) is 4.87. The van der Waals surface area contributed by atoms with Crippen molar-refractivity contribution in [3.63, 3.8) is 0 Å². The zero-order valence-corrected chi connectivity index (χ0v) is 11.2. The second-order valence-electron chi connectivity index (χ2n) is 3.55. The van der Waals surface area contributed by atoms with E-state index in [4.69, 9.17) is 17.4 Å². The van der Waals surface area contributed by atoms with Gasteiger partial charge in [0.2, 0.25) is 0 Å². The Labute approximate surface area is 113 Å². The molecule has 88 valence electrons. The molecule has 0 spiro atoms. The van der Waals surface area contributed by atoms with Crippen LogP contribution in [-0.2, 0) is 0 Å². The van der Waals surface area contributed by atoms with Gasteiger partial charge in [-0.15, -0.1) is 0 Å². The predicted octanol–water partition coefficient (Wildman–Crippen LogP) is 3.05. The molecule has 0 fully saturated rings. The van der Waals surface area contributed by atoms with Crippen molar-refractivity contribution >= 4 is 27.5 Å². The molecule has 0 radical (unpaired) electrons. The third-order valence-corrected chi connectivity index (χ3v) is 3.28. The molecule has 3 nitrogen and oxygen atoms in total. The fourth-order valence-corrected chi connectivity index (χ4v) is 2.43. The van der Waals surface area contributed by atoms with Gasteiger partial charge in [0.05, 0.1) is 6.04 Å². The first-order valence-electron chi connectivity index (χ1n) is 5.03. The van der Waals surface area contributed by atoms with Gasteiger partial charge in [-0.3, -0.25) is 10.8 Å². The Morgan fingerprint density at radius 2 is 2.18 bits per heavy atom. The van der Waals surface area contributed by atoms with Crippen molar-refractivity contribution < 1.29 is 0 Å². The van der Waals surface area contributed by atoms with Gasteiger partial charge in [-0.25, -0.2) is 5.43 Å². The fraction of sp³-hybridized carbons (Fsp3) is 0.0833. The zero-order chi connectivity index (χ0) is 12.3. The highest BCUT2D eigenvalue weighted by molar-refractivity contribution is 9.10. The van der Waals surface area contributed by atoms with Gasteiger partial charge in [0, 0.05) is 21.9 Å². The van der Waals surface area contributed by atoms with Crippen LogP contribution in [0.15, 0.2) is 47.2 Å². The van der Waals surface area contributed by atoms with Crippen LogP contribution in [0.5, 0.6) is 0 Å². The number of halogens is 2. The highest BCUT2D eigenvalue weighted by Gasteiger charge is 2.15. The molecule has 1 aromatic carbocycles. The standard InChI is InChI=1S/C12H11BrClN3/c13-9-3-4-10(11(14)6-9)12(17-15)8-2-1-5-16-7-8/h1-7,12,17H,15H2. The number of nitrogens with zero attached hydrogens (tertiary/aromatic N) is 1. The summed E-state index contributed by atoms with van der Waals surface area (Å²) in [5, 5.41) is 0.658. The molecule has 0 bridgehead atoms. The molecule has 2 rings (SSSR count). The maximum atomic E-state index is 6.21. The van der Waals surface area contributed by atoms with Crippen molar-refractivity contribution in [2.45, 2.75) is 6.04 Å². The minimum absolute atomic E-state index is 0.163. The van der Waals surface area contributed by atoms with E-state index >= 15 is 0 Å². The third kappa shape index (κ3) is 2.84. The quantitative estimate of drug-likeness (QED) is 0.676. The summed E-state index contributed by atoms with van der Waals surface area (Å²) >= 11 is 9.58. The molecule has 1 heterocycles. The largest absolute Gasteiger partial charge is 0.271 e. The van der Waals surface area contributed by atoms with E-state index in [2.05, 4.69) is 26.3 Å². The van der Waals surface area contributed by atoms with Gasteiger partial charge in [0.25, 0.3) is 0 Å². The van der Waals surface area contributed by atoms with E-state index in [9.17, 15) is 0 Å². The summed E-state index contributed by atoms with van der Waals surface area (Å²) in [7, 11) is 0. The maximum Gasteiger partial charge on any atom is 0.0739 e. The Morgan fingerprint density at radius 1 is 1.35 bits per heavy atom. The number of nitrogens with one attached hydrogen (secondary N) is 1. The molecule has 0 aliphatic rings. The first-order valence-corrected chi connectivity index (χ1v) is 6.20. The molecule has 0 aliphatic carbocycles. The summed E-state index contributed by atoms with van der Waals surface area (Å²) in [5.41, 5.74) is 4.65. The summed E-state index contributed by atoms with van der Waals surface area (Å²) in [5.74, 6) is 5.60. The average molecular weight is 313 g/mol. The smallest absolute Gasteiger partial charge is 0.0739 e. The lowest BCUT2D eigenvalue weighted by atomic mass is 10.0. The first kappa shape index (κ1) is 12.5. The molecule has 5 heteroatoms. The number of hydrogen-bond donors (Lipinski definition) is 2. The number of hydrogen-bond acceptors (Lipinski definition) is 3. The minimum Gasteiger partial charge on any atom is -0.271 e. The normalized spacial score (nSPS) is 12.4. The Morgan fingerprint density at radius 3 is 2.76 bits per heavy atom. The van der Waals surface area contributed by atoms with Crippen LogP contribution < -0.4 is 11.3 Å². The number of rotatable bonds is 3. The van der Waals surface area contributed by atoms with Crippen LogP contribution in [-0.4, -0.2) is 4.98 Å². The van der Waals surface area contributed by atoms with Gasteiger partial charge >= 0.3 is 0 Å². The Kier molecular flexibility index (Phi) is 4.12. The van der Waals surface area contributed by atoms with Crippen molar-refractivity contribution in [3.8, 4) is 0 Å². The van der Waals surface area contributed by atoms with Crippen molar-refractivity contribution in [2.24, 2.45) is 5.84 Å². The van der Waals surface area contributed by atoms with Crippen molar-refractivity contribution in [3.05, 3.63) is 63.3 Å². The van der Waals surface area contributed by atoms with Gasteiger partial charge in [0.1, 0.15) is 0 Å². The molecule has 0 aliphatic heterocycles. The van der Waals surface area contributed by atoms with Crippen LogP contribution in [0.2, 0.25) is 5.02 Å². The van der Waals surface area contributed by atoms with E-state index in [1.807, 2.05) is 30.3 Å². The Balaban J connectivity index is 2.42. The topological polar surface area (TPSA) is 50.9 Å². The van der Waals surface area contributed by atoms with Crippen LogP contribution in [0, 0.1) is 0 Å². The zero-order valence-electron chi connectivity index (χ0n) is 8.90. The van der Waals surface area contributed by atoms with Crippen molar-refractivity contribution in [1.82, 2.24) is 10.4 Å². The second kappa shape index (κ2) is 5.60. The molecule has 1 unspecified atom stereocenters. The number of pyridine rings is 1. The summed E-state index contributed by atoms with van der Waals surface area (Å²) < 4.78 is 0.938. The van der Waals surface area contributed by atoms with E-state index in [1.54, 1.807) is 12.4 Å².